The van der Waals surface area contributed by atoms with E-state index in [2.05, 4.69) is 15.5 Å². The highest BCUT2D eigenvalue weighted by atomic mass is 32.2. The van der Waals surface area contributed by atoms with Crippen LogP contribution in [0.3, 0.4) is 0 Å². The van der Waals surface area contributed by atoms with Crippen molar-refractivity contribution in [2.75, 3.05) is 10.6 Å². The Morgan fingerprint density at radius 2 is 1.94 bits per heavy atom. The van der Waals surface area contributed by atoms with Crippen molar-refractivity contribution in [3.05, 3.63) is 65.8 Å². The molecule has 2 aromatic carbocycles. The van der Waals surface area contributed by atoms with Crippen molar-refractivity contribution in [3.63, 3.8) is 0 Å². The first-order valence-corrected chi connectivity index (χ1v) is 11.5. The average Bonchev–Trinajstić information content (AvgIpc) is 3.19. The number of halogens is 1. The molecular formula is C21H23FN4O4S. The summed E-state index contributed by atoms with van der Waals surface area (Å²) in [5, 5.41) is 6.57. The van der Waals surface area contributed by atoms with E-state index in [4.69, 9.17) is 4.52 Å². The lowest BCUT2D eigenvalue weighted by atomic mass is 10.1. The van der Waals surface area contributed by atoms with Gasteiger partial charge in [0, 0.05) is 5.56 Å². The number of carbonyl (C=O) groups is 1. The maximum atomic E-state index is 13.3. The summed E-state index contributed by atoms with van der Waals surface area (Å²) < 4.78 is 44.2. The van der Waals surface area contributed by atoms with Gasteiger partial charge in [0.25, 0.3) is 0 Å². The van der Waals surface area contributed by atoms with E-state index in [0.29, 0.717) is 5.82 Å². The summed E-state index contributed by atoms with van der Waals surface area (Å²) in [6.07, 6.45) is 1.20. The fraction of sp³-hybridized carbons (Fsp3) is 0.286. The Balaban J connectivity index is 1.75. The standard InChI is InChI=1S/C21H23FN4O4S/c1-4-18(26(31(3,28)29)17-10-8-16(22)9-11-17)21(27)23-13-19-24-20(25-30-19)15-7-5-6-14(2)12-15/h5-12,18H,4,13H2,1-3H3,(H,23,27)/t18-/m0/s1. The molecule has 8 nitrogen and oxygen atoms in total. The van der Waals surface area contributed by atoms with Crippen LogP contribution in [0.1, 0.15) is 24.8 Å². The lowest BCUT2D eigenvalue weighted by Gasteiger charge is -2.29. The second-order valence-electron chi connectivity index (χ2n) is 7.06. The van der Waals surface area contributed by atoms with Crippen molar-refractivity contribution < 1.29 is 22.1 Å². The molecule has 0 unspecified atom stereocenters. The van der Waals surface area contributed by atoms with Crippen LogP contribution >= 0.6 is 0 Å². The number of hydrogen-bond acceptors (Lipinski definition) is 6. The Labute approximate surface area is 180 Å². The number of aryl methyl sites for hydroxylation is 1. The van der Waals surface area contributed by atoms with Gasteiger partial charge in [-0.05, 0) is 43.7 Å². The summed E-state index contributed by atoms with van der Waals surface area (Å²) in [7, 11) is -3.81. The van der Waals surface area contributed by atoms with Crippen molar-refractivity contribution in [2.45, 2.75) is 32.9 Å². The number of carbonyl (C=O) groups excluding carboxylic acids is 1. The number of sulfonamides is 1. The molecule has 0 spiro atoms. The molecule has 3 rings (SSSR count). The molecule has 0 fully saturated rings. The molecule has 0 aliphatic heterocycles. The molecule has 164 valence electrons. The van der Waals surface area contributed by atoms with Gasteiger partial charge in [0.2, 0.25) is 27.6 Å². The molecule has 0 bridgehead atoms. The van der Waals surface area contributed by atoms with Gasteiger partial charge in [-0.1, -0.05) is 35.8 Å². The number of rotatable bonds is 8. The maximum absolute atomic E-state index is 13.3. The van der Waals surface area contributed by atoms with E-state index in [-0.39, 0.29) is 24.5 Å². The second-order valence-corrected chi connectivity index (χ2v) is 8.92. The van der Waals surface area contributed by atoms with E-state index in [1.165, 1.54) is 12.1 Å². The van der Waals surface area contributed by atoms with Crippen molar-refractivity contribution >= 4 is 21.6 Å². The Hall–Kier alpha value is -3.27. The molecule has 1 amide bonds. The van der Waals surface area contributed by atoms with E-state index >= 15 is 0 Å². The molecule has 1 heterocycles. The highest BCUT2D eigenvalue weighted by Crippen LogP contribution is 2.23. The molecule has 10 heteroatoms. The monoisotopic (exact) mass is 446 g/mol. The lowest BCUT2D eigenvalue weighted by molar-refractivity contribution is -0.122. The Morgan fingerprint density at radius 1 is 1.23 bits per heavy atom. The van der Waals surface area contributed by atoms with Gasteiger partial charge in [0.15, 0.2) is 0 Å². The van der Waals surface area contributed by atoms with Crippen LogP contribution in [0.5, 0.6) is 0 Å². The van der Waals surface area contributed by atoms with Crippen LogP contribution in [0.15, 0.2) is 53.1 Å². The molecule has 1 atom stereocenters. The highest BCUT2D eigenvalue weighted by Gasteiger charge is 2.31. The molecule has 31 heavy (non-hydrogen) atoms. The van der Waals surface area contributed by atoms with Gasteiger partial charge >= 0.3 is 0 Å². The zero-order valence-corrected chi connectivity index (χ0v) is 18.2. The van der Waals surface area contributed by atoms with Gasteiger partial charge in [-0.2, -0.15) is 4.98 Å². The minimum atomic E-state index is -3.81. The predicted molar refractivity (Wildman–Crippen MR) is 114 cm³/mol. The predicted octanol–water partition coefficient (Wildman–Crippen LogP) is 3.05. The Kier molecular flexibility index (Phi) is 6.69. The third-order valence-corrected chi connectivity index (χ3v) is 5.75. The van der Waals surface area contributed by atoms with Gasteiger partial charge in [-0.25, -0.2) is 12.8 Å². The molecule has 0 aliphatic carbocycles. The van der Waals surface area contributed by atoms with Crippen molar-refractivity contribution in [2.24, 2.45) is 0 Å². The molecule has 1 N–H and O–H groups in total. The number of nitrogens with one attached hydrogen (secondary N) is 1. The number of benzene rings is 2. The number of nitrogens with zero attached hydrogens (tertiary/aromatic N) is 3. The normalized spacial score (nSPS) is 12.4. The third kappa shape index (κ3) is 5.46. The number of hydrogen-bond donors (Lipinski definition) is 1. The molecule has 0 saturated heterocycles. The minimum absolute atomic E-state index is 0.0603. The van der Waals surface area contributed by atoms with E-state index in [1.54, 1.807) is 6.92 Å². The summed E-state index contributed by atoms with van der Waals surface area (Å²) in [4.78, 5) is 17.1. The summed E-state index contributed by atoms with van der Waals surface area (Å²) in [5.41, 5.74) is 2.03. The van der Waals surface area contributed by atoms with Crippen LogP contribution in [0.25, 0.3) is 11.4 Å². The first kappa shape index (κ1) is 22.4. The van der Waals surface area contributed by atoms with E-state index in [1.807, 2.05) is 31.2 Å². The van der Waals surface area contributed by atoms with Gasteiger partial charge in [-0.15, -0.1) is 0 Å². The summed E-state index contributed by atoms with van der Waals surface area (Å²) in [6, 6.07) is 11.5. The molecule has 1 aromatic heterocycles. The van der Waals surface area contributed by atoms with Crippen molar-refractivity contribution in [1.82, 2.24) is 15.5 Å². The van der Waals surface area contributed by atoms with Gasteiger partial charge in [0.1, 0.15) is 11.9 Å². The first-order valence-electron chi connectivity index (χ1n) is 9.61. The van der Waals surface area contributed by atoms with Crippen LogP contribution in [0, 0.1) is 12.7 Å². The molecule has 0 saturated carbocycles. The van der Waals surface area contributed by atoms with E-state index < -0.39 is 27.8 Å². The number of anilines is 1. The third-order valence-electron chi connectivity index (χ3n) is 4.57. The van der Waals surface area contributed by atoms with Crippen LogP contribution < -0.4 is 9.62 Å². The lowest BCUT2D eigenvalue weighted by Crippen LogP contribution is -2.49. The average molecular weight is 447 g/mol. The molecule has 0 radical (unpaired) electrons. The van der Waals surface area contributed by atoms with Crippen LogP contribution in [-0.2, 0) is 21.4 Å². The SMILES string of the molecule is CC[C@@H](C(=O)NCc1nc(-c2cccc(C)c2)no1)N(c1ccc(F)cc1)S(C)(=O)=O. The van der Waals surface area contributed by atoms with Crippen LogP contribution in [-0.4, -0.2) is 36.8 Å². The number of amides is 1. The van der Waals surface area contributed by atoms with E-state index in [9.17, 15) is 17.6 Å². The molecule has 0 aliphatic rings. The topological polar surface area (TPSA) is 105 Å². The second kappa shape index (κ2) is 9.25. The number of aromatic nitrogens is 2. The van der Waals surface area contributed by atoms with Crippen molar-refractivity contribution in [1.29, 1.82) is 0 Å². The van der Waals surface area contributed by atoms with Crippen molar-refractivity contribution in [3.8, 4) is 11.4 Å². The fourth-order valence-corrected chi connectivity index (χ4v) is 4.37. The van der Waals surface area contributed by atoms with Gasteiger partial charge in [-0.3, -0.25) is 9.10 Å². The largest absolute Gasteiger partial charge is 0.345 e. The summed E-state index contributed by atoms with van der Waals surface area (Å²) in [6.45, 7) is 3.58. The van der Waals surface area contributed by atoms with Gasteiger partial charge < -0.3 is 9.84 Å². The zero-order chi connectivity index (χ0) is 22.6. The first-order chi connectivity index (χ1) is 14.7. The highest BCUT2D eigenvalue weighted by molar-refractivity contribution is 7.92. The smallest absolute Gasteiger partial charge is 0.246 e. The van der Waals surface area contributed by atoms with Gasteiger partial charge in [0.05, 0.1) is 18.5 Å². The van der Waals surface area contributed by atoms with Crippen LogP contribution in [0.4, 0.5) is 10.1 Å². The minimum Gasteiger partial charge on any atom is -0.345 e. The maximum Gasteiger partial charge on any atom is 0.246 e. The quantitative estimate of drug-likeness (QED) is 0.570. The summed E-state index contributed by atoms with van der Waals surface area (Å²) >= 11 is 0. The molecular weight excluding hydrogens is 423 g/mol. The summed E-state index contributed by atoms with van der Waals surface area (Å²) in [5.74, 6) is -0.459. The molecule has 3 aromatic rings. The fourth-order valence-electron chi connectivity index (χ4n) is 3.16. The Morgan fingerprint density at radius 3 is 2.55 bits per heavy atom. The van der Waals surface area contributed by atoms with E-state index in [0.717, 1.165) is 33.8 Å². The zero-order valence-electron chi connectivity index (χ0n) is 17.4. The Bertz CT molecular complexity index is 1160. The van der Waals surface area contributed by atoms with Crippen LogP contribution in [0.2, 0.25) is 0 Å².